The van der Waals surface area contributed by atoms with Gasteiger partial charge in [-0.15, -0.1) is 11.3 Å². The lowest BCUT2D eigenvalue weighted by atomic mass is 9.95. The van der Waals surface area contributed by atoms with Gasteiger partial charge in [-0.2, -0.15) is 0 Å². The highest BCUT2D eigenvalue weighted by molar-refractivity contribution is 7.14. The van der Waals surface area contributed by atoms with Gasteiger partial charge in [0, 0.05) is 41.4 Å². The minimum atomic E-state index is -0.703. The van der Waals surface area contributed by atoms with Crippen molar-refractivity contribution < 1.29 is 14.3 Å². The van der Waals surface area contributed by atoms with Crippen LogP contribution in [0.5, 0.6) is 5.75 Å². The van der Waals surface area contributed by atoms with E-state index in [1.54, 1.807) is 0 Å². The molecule has 0 radical (unpaired) electrons. The van der Waals surface area contributed by atoms with Gasteiger partial charge in [0.15, 0.2) is 5.82 Å². The molecule has 4 aromatic rings. The largest absolute Gasteiger partial charge is 0.494 e. The van der Waals surface area contributed by atoms with E-state index in [4.69, 9.17) is 4.74 Å². The van der Waals surface area contributed by atoms with E-state index < -0.39 is 6.04 Å². The summed E-state index contributed by atoms with van der Waals surface area (Å²) in [5.41, 5.74) is 3.74. The van der Waals surface area contributed by atoms with Crippen molar-refractivity contribution in [1.82, 2.24) is 25.9 Å². The first kappa shape index (κ1) is 36.2. The maximum atomic E-state index is 13.4. The number of ether oxygens (including phenoxy) is 1. The van der Waals surface area contributed by atoms with Crippen molar-refractivity contribution in [2.24, 2.45) is 5.92 Å². The number of amides is 2. The van der Waals surface area contributed by atoms with Gasteiger partial charge in [0.2, 0.25) is 5.91 Å². The maximum Gasteiger partial charge on any atom is 0.262 e. The van der Waals surface area contributed by atoms with Crippen LogP contribution >= 0.6 is 11.3 Å². The normalized spacial score (nSPS) is 15.1. The Morgan fingerprint density at radius 2 is 1.63 bits per heavy atom. The molecule has 0 aliphatic carbocycles. The Morgan fingerprint density at radius 3 is 2.29 bits per heavy atom. The first-order valence-electron chi connectivity index (χ1n) is 17.7. The summed E-state index contributed by atoms with van der Waals surface area (Å²) >= 11 is 1.48. The van der Waals surface area contributed by atoms with E-state index in [0.29, 0.717) is 29.6 Å². The monoisotopic (exact) mass is 681 g/mol. The van der Waals surface area contributed by atoms with Crippen LogP contribution in [0.2, 0.25) is 0 Å². The molecule has 1 fully saturated rings. The number of unbranched alkanes of at least 4 members (excludes halogenated alkanes) is 4. The van der Waals surface area contributed by atoms with Crippen LogP contribution in [0.4, 0.5) is 0 Å². The van der Waals surface area contributed by atoms with Crippen LogP contribution in [-0.4, -0.2) is 54.1 Å². The number of aromatic nitrogens is 2. The third kappa shape index (κ3) is 10.7. The standard InChI is InChI=1S/C40H51N5O3S/c1-5-6-7-8-9-22-48-33-16-14-30(15-17-33)32-26-42-37(43-27-32)31-12-10-28(11-13-31)23-34(38(46)44-25-29-20-21-41-24-29)45-39(47)35-18-19-36(49-35)40(2,3)4/h10-19,26-27,29,34,41H,5-9,20-25H2,1-4H3,(H,44,46)(H,45,47)/t29-,34-/m0/s1. The molecule has 8 nitrogen and oxygen atoms in total. The summed E-state index contributed by atoms with van der Waals surface area (Å²) in [6.45, 7) is 11.8. The zero-order chi connectivity index (χ0) is 34.6. The van der Waals surface area contributed by atoms with Gasteiger partial charge in [-0.1, -0.05) is 89.8 Å². The minimum absolute atomic E-state index is 0.0468. The van der Waals surface area contributed by atoms with Crippen LogP contribution in [0, 0.1) is 5.92 Å². The number of benzene rings is 2. The number of carbonyl (C=O) groups is 2. The molecule has 5 rings (SSSR count). The van der Waals surface area contributed by atoms with E-state index in [1.807, 2.05) is 73.1 Å². The Labute approximate surface area is 295 Å². The van der Waals surface area contributed by atoms with E-state index in [1.165, 1.54) is 37.0 Å². The molecule has 0 saturated carbocycles. The van der Waals surface area contributed by atoms with Crippen molar-refractivity contribution in [3.05, 3.63) is 88.4 Å². The van der Waals surface area contributed by atoms with Crippen molar-refractivity contribution in [3.8, 4) is 28.3 Å². The Morgan fingerprint density at radius 1 is 0.918 bits per heavy atom. The average Bonchev–Trinajstić information content (AvgIpc) is 3.83. The SMILES string of the molecule is CCCCCCCOc1ccc(-c2cnc(-c3ccc(C[C@H](NC(=O)c4ccc(C(C)(C)C)s4)C(=O)NC[C@H]4CCNC4)cc3)nc2)cc1. The third-order valence-corrected chi connectivity index (χ3v) is 10.4. The number of nitrogens with zero attached hydrogens (tertiary/aromatic N) is 2. The number of rotatable bonds is 16. The molecule has 0 bridgehead atoms. The van der Waals surface area contributed by atoms with E-state index in [-0.39, 0.29) is 17.2 Å². The lowest BCUT2D eigenvalue weighted by Gasteiger charge is -2.20. The van der Waals surface area contributed by atoms with Crippen LogP contribution in [0.25, 0.3) is 22.5 Å². The van der Waals surface area contributed by atoms with Crippen LogP contribution < -0.4 is 20.7 Å². The molecule has 2 aromatic carbocycles. The third-order valence-electron chi connectivity index (χ3n) is 8.93. The fourth-order valence-electron chi connectivity index (χ4n) is 5.85. The van der Waals surface area contributed by atoms with Gasteiger partial charge in [-0.3, -0.25) is 9.59 Å². The zero-order valence-corrected chi connectivity index (χ0v) is 30.2. The van der Waals surface area contributed by atoms with Gasteiger partial charge < -0.3 is 20.7 Å². The second-order valence-corrected chi connectivity index (χ2v) is 15.1. The number of hydrogen-bond acceptors (Lipinski definition) is 7. The lowest BCUT2D eigenvalue weighted by Crippen LogP contribution is -2.49. The summed E-state index contributed by atoms with van der Waals surface area (Å²) in [6.07, 6.45) is 11.2. The van der Waals surface area contributed by atoms with Gasteiger partial charge in [0.1, 0.15) is 11.8 Å². The summed E-state index contributed by atoms with van der Waals surface area (Å²) in [4.78, 5) is 37.7. The molecule has 1 saturated heterocycles. The van der Waals surface area contributed by atoms with E-state index >= 15 is 0 Å². The van der Waals surface area contributed by atoms with Crippen molar-refractivity contribution in [2.75, 3.05) is 26.2 Å². The first-order chi connectivity index (χ1) is 23.7. The summed E-state index contributed by atoms with van der Waals surface area (Å²) < 4.78 is 5.91. The van der Waals surface area contributed by atoms with Crippen molar-refractivity contribution in [1.29, 1.82) is 0 Å². The van der Waals surface area contributed by atoms with Gasteiger partial charge in [-0.05, 0) is 72.7 Å². The number of hydrogen-bond donors (Lipinski definition) is 3. The lowest BCUT2D eigenvalue weighted by molar-refractivity contribution is -0.123. The van der Waals surface area contributed by atoms with Crippen LogP contribution in [0.3, 0.4) is 0 Å². The Kier molecular flexibility index (Phi) is 13.0. The molecule has 3 heterocycles. The summed E-state index contributed by atoms with van der Waals surface area (Å²) in [5.74, 6) is 1.51. The number of nitrogens with one attached hydrogen (secondary N) is 3. The topological polar surface area (TPSA) is 105 Å². The van der Waals surface area contributed by atoms with Gasteiger partial charge in [-0.25, -0.2) is 9.97 Å². The molecular weight excluding hydrogens is 631 g/mol. The fourth-order valence-corrected chi connectivity index (χ4v) is 6.82. The highest BCUT2D eigenvalue weighted by Gasteiger charge is 2.25. The Bertz CT molecular complexity index is 1620. The average molecular weight is 682 g/mol. The van der Waals surface area contributed by atoms with Crippen LogP contribution in [-0.2, 0) is 16.6 Å². The quantitative estimate of drug-likeness (QED) is 0.105. The molecule has 2 aromatic heterocycles. The van der Waals surface area contributed by atoms with Crippen molar-refractivity contribution in [3.63, 3.8) is 0 Å². The van der Waals surface area contributed by atoms with Crippen molar-refractivity contribution >= 4 is 23.2 Å². The molecule has 3 N–H and O–H groups in total. The molecule has 1 aliphatic heterocycles. The molecule has 1 aliphatic rings. The zero-order valence-electron chi connectivity index (χ0n) is 29.4. The molecule has 9 heteroatoms. The number of carbonyl (C=O) groups excluding carboxylic acids is 2. The van der Waals surface area contributed by atoms with E-state index in [2.05, 4.69) is 53.6 Å². The van der Waals surface area contributed by atoms with Gasteiger partial charge in [0.25, 0.3) is 5.91 Å². The Balaban J connectivity index is 1.20. The second kappa shape index (κ2) is 17.5. The Hall–Kier alpha value is -4.08. The molecule has 2 amide bonds. The molecule has 260 valence electrons. The maximum absolute atomic E-state index is 13.4. The predicted octanol–water partition coefficient (Wildman–Crippen LogP) is 7.59. The highest BCUT2D eigenvalue weighted by Crippen LogP contribution is 2.29. The fraction of sp³-hybridized carbons (Fsp3) is 0.450. The highest BCUT2D eigenvalue weighted by atomic mass is 32.1. The van der Waals surface area contributed by atoms with Crippen LogP contribution in [0.1, 0.15) is 86.3 Å². The smallest absolute Gasteiger partial charge is 0.262 e. The summed E-state index contributed by atoms with van der Waals surface area (Å²) in [5, 5.41) is 9.46. The van der Waals surface area contributed by atoms with Crippen LogP contribution in [0.15, 0.2) is 73.1 Å². The molecule has 49 heavy (non-hydrogen) atoms. The minimum Gasteiger partial charge on any atom is -0.494 e. The predicted molar refractivity (Wildman–Crippen MR) is 199 cm³/mol. The van der Waals surface area contributed by atoms with Gasteiger partial charge >= 0.3 is 0 Å². The van der Waals surface area contributed by atoms with E-state index in [9.17, 15) is 9.59 Å². The van der Waals surface area contributed by atoms with Gasteiger partial charge in [0.05, 0.1) is 11.5 Å². The number of thiophene rings is 1. The second-order valence-electron chi connectivity index (χ2n) is 14.0. The first-order valence-corrected chi connectivity index (χ1v) is 18.6. The molecule has 0 spiro atoms. The molecule has 2 atom stereocenters. The molecular formula is C40H51N5O3S. The summed E-state index contributed by atoms with van der Waals surface area (Å²) in [7, 11) is 0. The molecule has 0 unspecified atom stereocenters. The van der Waals surface area contributed by atoms with E-state index in [0.717, 1.165) is 65.4 Å². The summed E-state index contributed by atoms with van der Waals surface area (Å²) in [6, 6.07) is 19.1. The van der Waals surface area contributed by atoms with Crippen molar-refractivity contribution in [2.45, 2.75) is 84.1 Å².